The molecule has 0 fully saturated rings. The first kappa shape index (κ1) is 11.3. The summed E-state index contributed by atoms with van der Waals surface area (Å²) in [7, 11) is 0. The third-order valence-electron chi connectivity index (χ3n) is 1.72. The monoisotopic (exact) mass is 226 g/mol. The molecule has 0 heterocycles. The van der Waals surface area contributed by atoms with Gasteiger partial charge in [-0.05, 0) is 24.1 Å². The molecule has 0 spiro atoms. The van der Waals surface area contributed by atoms with Crippen molar-refractivity contribution in [2.75, 3.05) is 5.88 Å². The van der Waals surface area contributed by atoms with Crippen molar-refractivity contribution in [2.24, 2.45) is 0 Å². The zero-order valence-corrected chi connectivity index (χ0v) is 7.79. The van der Waals surface area contributed by atoms with Gasteiger partial charge >= 0.3 is 6.18 Å². The summed E-state index contributed by atoms with van der Waals surface area (Å²) in [5.74, 6) is -1.04. The minimum absolute atomic E-state index is 0.211. The van der Waals surface area contributed by atoms with E-state index in [0.29, 0.717) is 12.0 Å². The van der Waals surface area contributed by atoms with Gasteiger partial charge in [0.1, 0.15) is 5.82 Å². The first-order valence-electron chi connectivity index (χ1n) is 3.86. The molecule has 0 aliphatic carbocycles. The first-order valence-corrected chi connectivity index (χ1v) is 4.40. The molecule has 0 radical (unpaired) electrons. The molecule has 0 N–H and O–H groups in total. The highest BCUT2D eigenvalue weighted by molar-refractivity contribution is 6.17. The predicted octanol–water partition coefficient (Wildman–Crippen LogP) is 3.63. The number of rotatable bonds is 2. The van der Waals surface area contributed by atoms with Gasteiger partial charge in [0.25, 0.3) is 0 Å². The van der Waals surface area contributed by atoms with Crippen molar-refractivity contribution < 1.29 is 17.6 Å². The molecule has 0 saturated heterocycles. The van der Waals surface area contributed by atoms with Crippen LogP contribution >= 0.6 is 11.6 Å². The van der Waals surface area contributed by atoms with Crippen LogP contribution in [0.5, 0.6) is 0 Å². The quantitative estimate of drug-likeness (QED) is 0.534. The summed E-state index contributed by atoms with van der Waals surface area (Å²) in [6.45, 7) is 0. The number of halogens is 5. The molecule has 0 nitrogen and oxygen atoms in total. The van der Waals surface area contributed by atoms with Crippen LogP contribution in [0.3, 0.4) is 0 Å². The highest BCUT2D eigenvalue weighted by Gasteiger charge is 2.33. The molecule has 14 heavy (non-hydrogen) atoms. The molecule has 1 aromatic rings. The van der Waals surface area contributed by atoms with Gasteiger partial charge in [-0.1, -0.05) is 6.07 Å². The second-order valence-electron chi connectivity index (χ2n) is 2.75. The fourth-order valence-corrected chi connectivity index (χ4v) is 1.27. The van der Waals surface area contributed by atoms with E-state index in [-0.39, 0.29) is 5.88 Å². The maximum atomic E-state index is 12.8. The average molecular weight is 227 g/mol. The molecule has 0 aliphatic rings. The van der Waals surface area contributed by atoms with Gasteiger partial charge < -0.3 is 0 Å². The van der Waals surface area contributed by atoms with E-state index in [9.17, 15) is 17.6 Å². The summed E-state index contributed by atoms with van der Waals surface area (Å²) < 4.78 is 49.3. The van der Waals surface area contributed by atoms with Gasteiger partial charge in [0.05, 0.1) is 5.56 Å². The van der Waals surface area contributed by atoms with Gasteiger partial charge in [0.2, 0.25) is 0 Å². The molecule has 0 aliphatic heterocycles. The lowest BCUT2D eigenvalue weighted by molar-refractivity contribution is -0.140. The molecule has 1 aromatic carbocycles. The largest absolute Gasteiger partial charge is 0.419 e. The summed E-state index contributed by atoms with van der Waals surface area (Å²) in [4.78, 5) is 0. The van der Waals surface area contributed by atoms with Crippen LogP contribution < -0.4 is 0 Å². The summed E-state index contributed by atoms with van der Waals surface area (Å²) in [5, 5.41) is 0. The number of hydrogen-bond acceptors (Lipinski definition) is 0. The minimum atomic E-state index is -4.65. The van der Waals surface area contributed by atoms with Gasteiger partial charge in [-0.25, -0.2) is 4.39 Å². The smallest absolute Gasteiger partial charge is 0.206 e. The Morgan fingerprint density at radius 2 is 1.86 bits per heavy atom. The summed E-state index contributed by atoms with van der Waals surface area (Å²) >= 11 is 5.37. The number of aryl methyl sites for hydroxylation is 1. The second kappa shape index (κ2) is 4.17. The molecule has 0 atom stereocenters. The zero-order chi connectivity index (χ0) is 10.8. The Labute approximate surface area is 83.5 Å². The fourth-order valence-electron chi connectivity index (χ4n) is 1.05. The average Bonchev–Trinajstić information content (AvgIpc) is 2.07. The van der Waals surface area contributed by atoms with Crippen molar-refractivity contribution in [1.82, 2.24) is 0 Å². The van der Waals surface area contributed by atoms with Crippen molar-refractivity contribution in [3.05, 3.63) is 35.1 Å². The van der Waals surface area contributed by atoms with Crippen LogP contribution in [0.15, 0.2) is 18.2 Å². The van der Waals surface area contributed by atoms with E-state index in [1.165, 1.54) is 6.07 Å². The predicted molar refractivity (Wildman–Crippen MR) is 45.8 cm³/mol. The molecule has 0 unspecified atom stereocenters. The Bertz CT molecular complexity index is 319. The van der Waals surface area contributed by atoms with Crippen LogP contribution in [0, 0.1) is 5.82 Å². The standard InChI is InChI=1S/C9H7ClF4/c10-4-3-6-1-2-8(11)7(5-6)9(12,13)14/h1-2,5H,3-4H2. The van der Waals surface area contributed by atoms with Crippen molar-refractivity contribution in [3.8, 4) is 0 Å². The molecule has 0 saturated carbocycles. The lowest BCUT2D eigenvalue weighted by atomic mass is 10.1. The Balaban J connectivity index is 3.09. The molecular weight excluding hydrogens is 220 g/mol. The van der Waals surface area contributed by atoms with Crippen LogP contribution in [0.2, 0.25) is 0 Å². The van der Waals surface area contributed by atoms with Gasteiger partial charge in [-0.3, -0.25) is 0 Å². The van der Waals surface area contributed by atoms with Gasteiger partial charge in [-0.15, -0.1) is 11.6 Å². The lowest BCUT2D eigenvalue weighted by Gasteiger charge is -2.09. The van der Waals surface area contributed by atoms with E-state index in [4.69, 9.17) is 11.6 Å². The van der Waals surface area contributed by atoms with Gasteiger partial charge in [-0.2, -0.15) is 13.2 Å². The Hall–Kier alpha value is -0.770. The molecule has 0 aromatic heterocycles. The van der Waals surface area contributed by atoms with E-state index in [0.717, 1.165) is 12.1 Å². The third kappa shape index (κ3) is 2.61. The van der Waals surface area contributed by atoms with Crippen molar-refractivity contribution in [1.29, 1.82) is 0 Å². The van der Waals surface area contributed by atoms with Crippen LogP contribution in [0.25, 0.3) is 0 Å². The van der Waals surface area contributed by atoms with E-state index >= 15 is 0 Å². The van der Waals surface area contributed by atoms with E-state index in [2.05, 4.69) is 0 Å². The number of benzene rings is 1. The topological polar surface area (TPSA) is 0 Å². The van der Waals surface area contributed by atoms with Crippen LogP contribution in [0.1, 0.15) is 11.1 Å². The molecular formula is C9H7ClF4. The Kier molecular flexibility index (Phi) is 3.37. The molecule has 0 amide bonds. The fraction of sp³-hybridized carbons (Fsp3) is 0.333. The van der Waals surface area contributed by atoms with Crippen LogP contribution in [-0.4, -0.2) is 5.88 Å². The highest BCUT2D eigenvalue weighted by Crippen LogP contribution is 2.31. The van der Waals surface area contributed by atoms with Gasteiger partial charge in [0.15, 0.2) is 0 Å². The van der Waals surface area contributed by atoms with E-state index in [1.807, 2.05) is 0 Å². The van der Waals surface area contributed by atoms with E-state index < -0.39 is 17.6 Å². The van der Waals surface area contributed by atoms with Gasteiger partial charge in [0, 0.05) is 5.88 Å². The Morgan fingerprint density at radius 1 is 1.21 bits per heavy atom. The maximum Gasteiger partial charge on any atom is 0.419 e. The number of hydrogen-bond donors (Lipinski definition) is 0. The highest BCUT2D eigenvalue weighted by atomic mass is 35.5. The third-order valence-corrected chi connectivity index (χ3v) is 1.91. The Morgan fingerprint density at radius 3 is 2.36 bits per heavy atom. The van der Waals surface area contributed by atoms with Crippen molar-refractivity contribution in [2.45, 2.75) is 12.6 Å². The van der Waals surface area contributed by atoms with Crippen molar-refractivity contribution in [3.63, 3.8) is 0 Å². The molecule has 0 bridgehead atoms. The SMILES string of the molecule is Fc1ccc(CCCl)cc1C(F)(F)F. The normalized spacial score (nSPS) is 11.8. The summed E-state index contributed by atoms with van der Waals surface area (Å²) in [6.07, 6.45) is -4.35. The minimum Gasteiger partial charge on any atom is -0.206 e. The van der Waals surface area contributed by atoms with Crippen LogP contribution in [-0.2, 0) is 12.6 Å². The maximum absolute atomic E-state index is 12.8. The number of alkyl halides is 4. The summed E-state index contributed by atoms with van der Waals surface area (Å²) in [6, 6.07) is 2.90. The molecule has 5 heteroatoms. The van der Waals surface area contributed by atoms with Crippen molar-refractivity contribution >= 4 is 11.6 Å². The molecule has 78 valence electrons. The lowest BCUT2D eigenvalue weighted by Crippen LogP contribution is -2.08. The van der Waals surface area contributed by atoms with E-state index in [1.54, 1.807) is 0 Å². The second-order valence-corrected chi connectivity index (χ2v) is 3.13. The first-order chi connectivity index (χ1) is 6.45. The summed E-state index contributed by atoms with van der Waals surface area (Å²) in [5.41, 5.74) is -0.853. The zero-order valence-electron chi connectivity index (χ0n) is 7.04. The molecule has 1 rings (SSSR count). The van der Waals surface area contributed by atoms with Crippen LogP contribution in [0.4, 0.5) is 17.6 Å².